The van der Waals surface area contributed by atoms with Crippen molar-refractivity contribution in [3.63, 3.8) is 0 Å². The van der Waals surface area contributed by atoms with Gasteiger partial charge < -0.3 is 14.2 Å². The van der Waals surface area contributed by atoms with Gasteiger partial charge in [-0.1, -0.05) is 5.16 Å². The number of nitrogens with zero attached hydrogens (tertiary/aromatic N) is 3. The lowest BCUT2D eigenvalue weighted by atomic mass is 9.97. The molecule has 6 heteroatoms. The highest BCUT2D eigenvalue weighted by Crippen LogP contribution is 2.26. The first-order chi connectivity index (χ1) is 8.70. The molecular weight excluding hydrogens is 234 g/mol. The number of carbonyl (C=O) groups is 1. The molecule has 1 aliphatic heterocycles. The van der Waals surface area contributed by atoms with Crippen molar-refractivity contribution >= 4 is 5.91 Å². The van der Waals surface area contributed by atoms with Gasteiger partial charge in [-0.25, -0.2) is 0 Å². The van der Waals surface area contributed by atoms with Crippen molar-refractivity contribution in [1.29, 1.82) is 0 Å². The van der Waals surface area contributed by atoms with Crippen molar-refractivity contribution in [3.8, 4) is 0 Å². The largest absolute Gasteiger partial charge is 0.372 e. The fraction of sp³-hybridized carbons (Fsp3) is 0.750. The standard InChI is InChI=1S/C12H19N3O3/c1-3-17-8-11(16)15-6-4-10(5-7-15)12-13-9(2)14-18-12/h10H,3-8H2,1-2H3. The normalized spacial score (nSPS) is 17.1. The molecule has 0 unspecified atom stereocenters. The Kier molecular flexibility index (Phi) is 4.30. The molecule has 0 spiro atoms. The third-order valence-corrected chi connectivity index (χ3v) is 3.17. The number of hydrogen-bond donors (Lipinski definition) is 0. The molecule has 0 aliphatic carbocycles. The van der Waals surface area contributed by atoms with Gasteiger partial charge in [0.25, 0.3) is 0 Å². The monoisotopic (exact) mass is 253 g/mol. The van der Waals surface area contributed by atoms with E-state index in [9.17, 15) is 4.79 Å². The van der Waals surface area contributed by atoms with E-state index in [1.54, 1.807) is 0 Å². The number of piperidine rings is 1. The molecule has 6 nitrogen and oxygen atoms in total. The Hall–Kier alpha value is -1.43. The van der Waals surface area contributed by atoms with Crippen LogP contribution in [0.25, 0.3) is 0 Å². The summed E-state index contributed by atoms with van der Waals surface area (Å²) in [7, 11) is 0. The quantitative estimate of drug-likeness (QED) is 0.804. The second-order valence-corrected chi connectivity index (χ2v) is 4.47. The van der Waals surface area contributed by atoms with Crippen LogP contribution in [0, 0.1) is 6.92 Å². The van der Waals surface area contributed by atoms with Crippen LogP contribution in [0.15, 0.2) is 4.52 Å². The Balaban J connectivity index is 1.82. The summed E-state index contributed by atoms with van der Waals surface area (Å²) in [5.74, 6) is 1.71. The molecule has 100 valence electrons. The molecule has 1 fully saturated rings. The van der Waals surface area contributed by atoms with Crippen molar-refractivity contribution in [1.82, 2.24) is 15.0 Å². The maximum absolute atomic E-state index is 11.8. The molecule has 0 radical (unpaired) electrons. The van der Waals surface area contributed by atoms with Crippen LogP contribution in [0.3, 0.4) is 0 Å². The van der Waals surface area contributed by atoms with Gasteiger partial charge in [0.15, 0.2) is 5.82 Å². The van der Waals surface area contributed by atoms with Crippen molar-refractivity contribution in [2.45, 2.75) is 32.6 Å². The number of hydrogen-bond acceptors (Lipinski definition) is 5. The fourth-order valence-corrected chi connectivity index (χ4v) is 2.14. The Morgan fingerprint density at radius 1 is 1.50 bits per heavy atom. The Morgan fingerprint density at radius 3 is 2.78 bits per heavy atom. The van der Waals surface area contributed by atoms with E-state index in [1.807, 2.05) is 18.7 Å². The molecule has 2 heterocycles. The third-order valence-electron chi connectivity index (χ3n) is 3.17. The molecule has 0 N–H and O–H groups in total. The van der Waals surface area contributed by atoms with Crippen molar-refractivity contribution in [2.75, 3.05) is 26.3 Å². The van der Waals surface area contributed by atoms with E-state index in [2.05, 4.69) is 10.1 Å². The smallest absolute Gasteiger partial charge is 0.248 e. The SMILES string of the molecule is CCOCC(=O)N1CCC(c2nc(C)no2)CC1. The summed E-state index contributed by atoms with van der Waals surface area (Å²) in [6, 6.07) is 0. The van der Waals surface area contributed by atoms with E-state index in [1.165, 1.54) is 0 Å². The minimum absolute atomic E-state index is 0.0667. The first kappa shape index (κ1) is 13.0. The molecule has 2 rings (SSSR count). The van der Waals surface area contributed by atoms with Gasteiger partial charge in [-0.3, -0.25) is 4.79 Å². The summed E-state index contributed by atoms with van der Waals surface area (Å²) >= 11 is 0. The third kappa shape index (κ3) is 3.07. The zero-order chi connectivity index (χ0) is 13.0. The first-order valence-corrected chi connectivity index (χ1v) is 6.36. The second kappa shape index (κ2) is 5.95. The van der Waals surface area contributed by atoms with Crippen LogP contribution >= 0.6 is 0 Å². The number of ether oxygens (including phenoxy) is 1. The number of aromatic nitrogens is 2. The van der Waals surface area contributed by atoms with E-state index >= 15 is 0 Å². The highest BCUT2D eigenvalue weighted by molar-refractivity contribution is 5.77. The summed E-state index contributed by atoms with van der Waals surface area (Å²) < 4.78 is 10.3. The summed E-state index contributed by atoms with van der Waals surface area (Å²) in [4.78, 5) is 17.8. The summed E-state index contributed by atoms with van der Waals surface area (Å²) in [6.07, 6.45) is 1.75. The van der Waals surface area contributed by atoms with Crippen LogP contribution in [0.2, 0.25) is 0 Å². The lowest BCUT2D eigenvalue weighted by Gasteiger charge is -2.30. The van der Waals surface area contributed by atoms with Gasteiger partial charge in [0.05, 0.1) is 0 Å². The molecule has 0 aromatic carbocycles. The van der Waals surface area contributed by atoms with Crippen LogP contribution in [0.4, 0.5) is 0 Å². The molecule has 1 aromatic rings. The van der Waals surface area contributed by atoms with Crippen molar-refractivity contribution in [2.24, 2.45) is 0 Å². The molecule has 1 amide bonds. The Morgan fingerprint density at radius 2 is 2.22 bits per heavy atom. The van der Waals surface area contributed by atoms with E-state index < -0.39 is 0 Å². The summed E-state index contributed by atoms with van der Waals surface area (Å²) in [6.45, 7) is 5.92. The number of amides is 1. The molecule has 0 atom stereocenters. The molecule has 1 aromatic heterocycles. The maximum Gasteiger partial charge on any atom is 0.248 e. The van der Waals surface area contributed by atoms with Gasteiger partial charge in [0, 0.05) is 25.6 Å². The topological polar surface area (TPSA) is 68.5 Å². The van der Waals surface area contributed by atoms with E-state index in [4.69, 9.17) is 9.26 Å². The number of likely N-dealkylation sites (tertiary alicyclic amines) is 1. The minimum Gasteiger partial charge on any atom is -0.372 e. The van der Waals surface area contributed by atoms with Gasteiger partial charge in [-0.15, -0.1) is 0 Å². The van der Waals surface area contributed by atoms with E-state index in [0.29, 0.717) is 18.3 Å². The molecular formula is C12H19N3O3. The molecule has 0 bridgehead atoms. The Bertz CT molecular complexity index is 397. The predicted octanol–water partition coefficient (Wildman–Crippen LogP) is 1.12. The molecule has 1 saturated heterocycles. The maximum atomic E-state index is 11.8. The lowest BCUT2D eigenvalue weighted by molar-refractivity contribution is -0.137. The molecule has 0 saturated carbocycles. The number of aryl methyl sites for hydroxylation is 1. The van der Waals surface area contributed by atoms with E-state index in [-0.39, 0.29) is 18.4 Å². The van der Waals surface area contributed by atoms with Gasteiger partial charge in [-0.05, 0) is 26.7 Å². The van der Waals surface area contributed by atoms with Crippen LogP contribution in [0.5, 0.6) is 0 Å². The first-order valence-electron chi connectivity index (χ1n) is 6.36. The average molecular weight is 253 g/mol. The van der Waals surface area contributed by atoms with Crippen molar-refractivity contribution < 1.29 is 14.1 Å². The van der Waals surface area contributed by atoms with Crippen LogP contribution in [-0.2, 0) is 9.53 Å². The zero-order valence-electron chi connectivity index (χ0n) is 10.9. The average Bonchev–Trinajstić information content (AvgIpc) is 2.83. The predicted molar refractivity (Wildman–Crippen MR) is 64.1 cm³/mol. The molecule has 1 aliphatic rings. The zero-order valence-corrected chi connectivity index (χ0v) is 10.9. The van der Waals surface area contributed by atoms with E-state index in [0.717, 1.165) is 25.9 Å². The van der Waals surface area contributed by atoms with Crippen LogP contribution in [-0.4, -0.2) is 47.3 Å². The number of carbonyl (C=O) groups excluding carboxylic acids is 1. The van der Waals surface area contributed by atoms with Gasteiger partial charge in [-0.2, -0.15) is 4.98 Å². The van der Waals surface area contributed by atoms with Gasteiger partial charge >= 0.3 is 0 Å². The summed E-state index contributed by atoms with van der Waals surface area (Å²) in [5.41, 5.74) is 0. The lowest BCUT2D eigenvalue weighted by Crippen LogP contribution is -2.40. The minimum atomic E-state index is 0.0667. The summed E-state index contributed by atoms with van der Waals surface area (Å²) in [5, 5.41) is 3.80. The van der Waals surface area contributed by atoms with Crippen LogP contribution in [0.1, 0.15) is 37.4 Å². The van der Waals surface area contributed by atoms with Gasteiger partial charge in [0.1, 0.15) is 6.61 Å². The second-order valence-electron chi connectivity index (χ2n) is 4.47. The van der Waals surface area contributed by atoms with Gasteiger partial charge in [0.2, 0.25) is 11.8 Å². The van der Waals surface area contributed by atoms with Crippen molar-refractivity contribution in [3.05, 3.63) is 11.7 Å². The number of rotatable bonds is 4. The highest BCUT2D eigenvalue weighted by atomic mass is 16.5. The fourth-order valence-electron chi connectivity index (χ4n) is 2.14. The van der Waals surface area contributed by atoms with Crippen LogP contribution < -0.4 is 0 Å². The molecule has 18 heavy (non-hydrogen) atoms. The highest BCUT2D eigenvalue weighted by Gasteiger charge is 2.26. The Labute approximate surface area is 106 Å².